The lowest BCUT2D eigenvalue weighted by Crippen LogP contribution is -2.21. The number of hydrogen-bond donors (Lipinski definition) is 2. The van der Waals surface area contributed by atoms with Crippen molar-refractivity contribution in [1.82, 2.24) is 0 Å². The standard InChI is InChI=1S/C25H35BrO4/c1-16(2)20-9-8-18(15-30-17(3)27)12-21(20)24-22(28)13-19(14-23(24)29)25(4,5)10-6-7-11-26/h12-14,20-21,28-29H,1,6-11,15H2,2-5H3/t20-,21+/m1/s1. The summed E-state index contributed by atoms with van der Waals surface area (Å²) in [5, 5.41) is 22.9. The first-order valence-corrected chi connectivity index (χ1v) is 11.8. The molecule has 1 aromatic carbocycles. The summed E-state index contributed by atoms with van der Waals surface area (Å²) in [4.78, 5) is 11.2. The van der Waals surface area contributed by atoms with E-state index in [9.17, 15) is 15.0 Å². The Balaban J connectivity index is 2.40. The minimum Gasteiger partial charge on any atom is -0.507 e. The fourth-order valence-electron chi connectivity index (χ4n) is 4.29. The smallest absolute Gasteiger partial charge is 0.302 e. The van der Waals surface area contributed by atoms with Gasteiger partial charge in [0.25, 0.3) is 0 Å². The van der Waals surface area contributed by atoms with Gasteiger partial charge >= 0.3 is 5.97 Å². The van der Waals surface area contributed by atoms with Crippen molar-refractivity contribution < 1.29 is 19.7 Å². The highest BCUT2D eigenvalue weighted by atomic mass is 79.9. The van der Waals surface area contributed by atoms with Gasteiger partial charge in [0, 0.05) is 23.7 Å². The molecule has 0 fully saturated rings. The zero-order valence-corrected chi connectivity index (χ0v) is 20.2. The summed E-state index contributed by atoms with van der Waals surface area (Å²) in [7, 11) is 0. The highest BCUT2D eigenvalue weighted by molar-refractivity contribution is 9.09. The highest BCUT2D eigenvalue weighted by Crippen LogP contribution is 2.48. The molecule has 0 radical (unpaired) electrons. The van der Waals surface area contributed by atoms with Gasteiger partial charge in [0.2, 0.25) is 0 Å². The van der Waals surface area contributed by atoms with E-state index in [0.717, 1.165) is 54.1 Å². The van der Waals surface area contributed by atoms with Gasteiger partial charge in [-0.15, -0.1) is 0 Å². The van der Waals surface area contributed by atoms with Gasteiger partial charge in [-0.2, -0.15) is 0 Å². The van der Waals surface area contributed by atoms with E-state index in [1.54, 1.807) is 12.1 Å². The van der Waals surface area contributed by atoms with Crippen molar-refractivity contribution in [3.63, 3.8) is 0 Å². The van der Waals surface area contributed by atoms with Crippen molar-refractivity contribution in [2.24, 2.45) is 5.92 Å². The van der Waals surface area contributed by atoms with Crippen LogP contribution in [-0.2, 0) is 14.9 Å². The van der Waals surface area contributed by atoms with Crippen molar-refractivity contribution in [2.45, 2.75) is 71.1 Å². The van der Waals surface area contributed by atoms with Crippen LogP contribution in [0.5, 0.6) is 11.5 Å². The number of allylic oxidation sites excluding steroid dienone is 2. The van der Waals surface area contributed by atoms with Gasteiger partial charge in [-0.3, -0.25) is 4.79 Å². The summed E-state index contributed by atoms with van der Waals surface area (Å²) >= 11 is 3.47. The average molecular weight is 479 g/mol. The van der Waals surface area contributed by atoms with Crippen LogP contribution in [0, 0.1) is 5.92 Å². The van der Waals surface area contributed by atoms with E-state index in [1.165, 1.54) is 6.92 Å². The van der Waals surface area contributed by atoms with Crippen LogP contribution in [0.2, 0.25) is 0 Å². The molecule has 4 nitrogen and oxygen atoms in total. The quantitative estimate of drug-likeness (QED) is 0.184. The number of esters is 1. The average Bonchev–Trinajstić information content (AvgIpc) is 2.65. The Morgan fingerprint density at radius 3 is 2.40 bits per heavy atom. The predicted molar refractivity (Wildman–Crippen MR) is 125 cm³/mol. The number of ether oxygens (including phenoxy) is 1. The molecule has 166 valence electrons. The van der Waals surface area contributed by atoms with Crippen LogP contribution in [-0.4, -0.2) is 28.1 Å². The molecule has 0 heterocycles. The van der Waals surface area contributed by atoms with Crippen molar-refractivity contribution >= 4 is 21.9 Å². The number of aromatic hydroxyl groups is 2. The predicted octanol–water partition coefficient (Wildman–Crippen LogP) is 6.50. The number of phenols is 2. The van der Waals surface area contributed by atoms with Crippen LogP contribution in [0.25, 0.3) is 0 Å². The molecule has 0 aliphatic heterocycles. The molecular formula is C25H35BrO4. The molecule has 2 rings (SSSR count). The fraction of sp³-hybridized carbons (Fsp3) is 0.560. The SMILES string of the molecule is C=C(C)[C@H]1CCC(COC(C)=O)=C[C@@H]1c1c(O)cc(C(C)(C)CCCCBr)cc1O. The molecule has 1 aliphatic rings. The van der Waals surface area contributed by atoms with E-state index in [1.807, 2.05) is 13.0 Å². The largest absolute Gasteiger partial charge is 0.507 e. The number of unbranched alkanes of at least 4 members (excludes halogenated alkanes) is 1. The molecule has 30 heavy (non-hydrogen) atoms. The number of carbonyl (C=O) groups is 1. The van der Waals surface area contributed by atoms with Gasteiger partial charge in [0.15, 0.2) is 0 Å². The Morgan fingerprint density at radius 2 is 1.87 bits per heavy atom. The first-order chi connectivity index (χ1) is 14.1. The maximum absolute atomic E-state index is 11.2. The minimum atomic E-state index is -0.313. The molecule has 0 saturated carbocycles. The van der Waals surface area contributed by atoms with E-state index in [0.29, 0.717) is 5.56 Å². The Morgan fingerprint density at radius 1 is 1.23 bits per heavy atom. The Labute approximate surface area is 189 Å². The van der Waals surface area contributed by atoms with Crippen molar-refractivity contribution in [2.75, 3.05) is 11.9 Å². The summed E-state index contributed by atoms with van der Waals surface area (Å²) in [5.41, 5.74) is 3.34. The normalized spacial score (nSPS) is 19.3. The summed E-state index contributed by atoms with van der Waals surface area (Å²) in [6.45, 7) is 12.0. The van der Waals surface area contributed by atoms with Gasteiger partial charge < -0.3 is 14.9 Å². The second-order valence-corrected chi connectivity index (χ2v) is 9.87. The molecule has 2 N–H and O–H groups in total. The lowest BCUT2D eigenvalue weighted by molar-refractivity contribution is -0.140. The number of carbonyl (C=O) groups excluding carboxylic acids is 1. The topological polar surface area (TPSA) is 66.8 Å². The van der Waals surface area contributed by atoms with Crippen molar-refractivity contribution in [3.8, 4) is 11.5 Å². The summed E-state index contributed by atoms with van der Waals surface area (Å²) in [6, 6.07) is 3.60. The van der Waals surface area contributed by atoms with Crippen LogP contribution in [0.15, 0.2) is 35.9 Å². The summed E-state index contributed by atoms with van der Waals surface area (Å²) < 4.78 is 5.17. The lowest BCUT2D eigenvalue weighted by atomic mass is 9.72. The second-order valence-electron chi connectivity index (χ2n) is 9.08. The van der Waals surface area contributed by atoms with E-state index in [2.05, 4.69) is 36.4 Å². The monoisotopic (exact) mass is 478 g/mol. The molecule has 0 saturated heterocycles. The Kier molecular flexibility index (Phi) is 8.60. The lowest BCUT2D eigenvalue weighted by Gasteiger charge is -2.33. The van der Waals surface area contributed by atoms with Crippen LogP contribution >= 0.6 is 15.9 Å². The Hall–Kier alpha value is -1.75. The van der Waals surface area contributed by atoms with Gasteiger partial charge in [0.05, 0.1) is 0 Å². The zero-order chi connectivity index (χ0) is 22.5. The number of halogens is 1. The first-order valence-electron chi connectivity index (χ1n) is 10.7. The minimum absolute atomic E-state index is 0.111. The molecule has 0 amide bonds. The fourth-order valence-corrected chi connectivity index (χ4v) is 4.68. The third-order valence-electron chi connectivity index (χ3n) is 6.16. The molecule has 0 unspecified atom stereocenters. The van der Waals surface area contributed by atoms with E-state index >= 15 is 0 Å². The number of hydrogen-bond acceptors (Lipinski definition) is 4. The molecular weight excluding hydrogens is 444 g/mol. The van der Waals surface area contributed by atoms with Gasteiger partial charge in [-0.25, -0.2) is 0 Å². The van der Waals surface area contributed by atoms with Crippen LogP contribution in [0.3, 0.4) is 0 Å². The molecule has 5 heteroatoms. The van der Waals surface area contributed by atoms with Gasteiger partial charge in [-0.05, 0) is 67.2 Å². The van der Waals surface area contributed by atoms with Gasteiger partial charge in [0.1, 0.15) is 18.1 Å². The number of rotatable bonds is 9. The molecule has 1 aromatic rings. The molecule has 0 aromatic heterocycles. The van der Waals surface area contributed by atoms with E-state index in [-0.39, 0.29) is 41.3 Å². The molecule has 0 spiro atoms. The maximum Gasteiger partial charge on any atom is 0.302 e. The van der Waals surface area contributed by atoms with E-state index in [4.69, 9.17) is 4.74 Å². The van der Waals surface area contributed by atoms with Crippen molar-refractivity contribution in [1.29, 1.82) is 0 Å². The zero-order valence-electron chi connectivity index (χ0n) is 18.6. The number of alkyl halides is 1. The summed E-state index contributed by atoms with van der Waals surface area (Å²) in [5.74, 6) is -0.181. The van der Waals surface area contributed by atoms with Gasteiger partial charge in [-0.1, -0.05) is 54.4 Å². The third kappa shape index (κ3) is 6.13. The second kappa shape index (κ2) is 10.5. The first kappa shape index (κ1) is 24.5. The Bertz CT molecular complexity index is 786. The summed E-state index contributed by atoms with van der Waals surface area (Å²) in [6.07, 6.45) is 6.82. The van der Waals surface area contributed by atoms with Crippen LogP contribution in [0.4, 0.5) is 0 Å². The molecule has 0 bridgehead atoms. The molecule has 2 atom stereocenters. The van der Waals surface area contributed by atoms with Crippen molar-refractivity contribution in [3.05, 3.63) is 47.1 Å². The molecule has 1 aliphatic carbocycles. The van der Waals surface area contributed by atoms with E-state index < -0.39 is 0 Å². The maximum atomic E-state index is 11.2. The third-order valence-corrected chi connectivity index (χ3v) is 6.72. The number of phenolic OH excluding ortho intramolecular Hbond substituents is 2. The highest BCUT2D eigenvalue weighted by Gasteiger charge is 2.32. The van der Waals surface area contributed by atoms with Crippen LogP contribution < -0.4 is 0 Å². The van der Waals surface area contributed by atoms with Crippen LogP contribution in [0.1, 0.15) is 76.8 Å². The number of benzene rings is 1.